The molecule has 1 aromatic carbocycles. The number of hydrogen-bond donors (Lipinski definition) is 1. The molecule has 1 aromatic rings. The predicted octanol–water partition coefficient (Wildman–Crippen LogP) is 2.77. The number of rotatable bonds is 8. The van der Waals surface area contributed by atoms with E-state index in [1.165, 1.54) is 30.1 Å². The first-order chi connectivity index (χ1) is 7.83. The maximum absolute atomic E-state index is 9.83. The molecule has 0 unspecified atom stereocenters. The summed E-state index contributed by atoms with van der Waals surface area (Å²) in [5.74, 6) is 0. The first kappa shape index (κ1) is 13.8. The van der Waals surface area contributed by atoms with Gasteiger partial charge >= 0.3 is 105 Å². The Morgan fingerprint density at radius 2 is 1.88 bits per heavy atom. The molecule has 0 saturated carbocycles. The van der Waals surface area contributed by atoms with Gasteiger partial charge in [-0.25, -0.2) is 0 Å². The van der Waals surface area contributed by atoms with Gasteiger partial charge in [0.2, 0.25) is 0 Å². The molecule has 1 rings (SSSR count). The quantitative estimate of drug-likeness (QED) is 0.575. The SMILES string of the molecule is CCCCCC[C@H](O)C[Se]c1ccccc1. The van der Waals surface area contributed by atoms with Crippen molar-refractivity contribution in [2.24, 2.45) is 0 Å². The standard InChI is InChI=1S/C14H22OSe/c1-2-3-4-6-9-13(15)12-16-14-10-7-5-8-11-14/h5,7-8,10-11,13,15H,2-4,6,9,12H2,1H3/t13-/m0/s1. The summed E-state index contributed by atoms with van der Waals surface area (Å²) in [4.78, 5) is 0. The number of aliphatic hydroxyl groups is 1. The fourth-order valence-corrected chi connectivity index (χ4v) is 3.49. The van der Waals surface area contributed by atoms with Crippen molar-refractivity contribution in [2.75, 3.05) is 0 Å². The van der Waals surface area contributed by atoms with Crippen LogP contribution in [0.2, 0.25) is 5.32 Å². The third kappa shape index (κ3) is 6.32. The monoisotopic (exact) mass is 286 g/mol. The third-order valence-electron chi connectivity index (χ3n) is 2.58. The fourth-order valence-electron chi connectivity index (χ4n) is 1.60. The van der Waals surface area contributed by atoms with Crippen molar-refractivity contribution in [3.63, 3.8) is 0 Å². The number of hydrogen-bond acceptors (Lipinski definition) is 1. The van der Waals surface area contributed by atoms with Crippen LogP contribution in [0.4, 0.5) is 0 Å². The summed E-state index contributed by atoms with van der Waals surface area (Å²) in [5, 5.41) is 10.8. The molecule has 0 amide bonds. The van der Waals surface area contributed by atoms with E-state index in [4.69, 9.17) is 0 Å². The summed E-state index contributed by atoms with van der Waals surface area (Å²) in [6.07, 6.45) is 5.91. The van der Waals surface area contributed by atoms with Crippen LogP contribution in [0.1, 0.15) is 39.0 Å². The van der Waals surface area contributed by atoms with Gasteiger partial charge in [-0.2, -0.15) is 0 Å². The zero-order valence-electron chi connectivity index (χ0n) is 10.1. The molecule has 0 radical (unpaired) electrons. The second-order valence-electron chi connectivity index (χ2n) is 4.13. The predicted molar refractivity (Wildman–Crippen MR) is 71.4 cm³/mol. The Balaban J connectivity index is 2.08. The molecule has 0 aliphatic rings. The van der Waals surface area contributed by atoms with Crippen LogP contribution in [0, 0.1) is 0 Å². The molecule has 16 heavy (non-hydrogen) atoms. The van der Waals surface area contributed by atoms with Crippen LogP contribution in [0.25, 0.3) is 0 Å². The molecule has 0 aliphatic carbocycles. The van der Waals surface area contributed by atoms with Gasteiger partial charge in [0.1, 0.15) is 0 Å². The Kier molecular flexibility index (Phi) is 7.58. The first-order valence-electron chi connectivity index (χ1n) is 6.19. The summed E-state index contributed by atoms with van der Waals surface area (Å²) in [7, 11) is 0. The van der Waals surface area contributed by atoms with Gasteiger partial charge < -0.3 is 0 Å². The Hall–Kier alpha value is -0.301. The van der Waals surface area contributed by atoms with Crippen molar-refractivity contribution in [3.05, 3.63) is 30.3 Å². The molecule has 1 N–H and O–H groups in total. The van der Waals surface area contributed by atoms with E-state index >= 15 is 0 Å². The van der Waals surface area contributed by atoms with Crippen LogP contribution >= 0.6 is 0 Å². The van der Waals surface area contributed by atoms with Gasteiger partial charge in [0, 0.05) is 0 Å². The molecule has 0 spiro atoms. The normalized spacial score (nSPS) is 12.6. The van der Waals surface area contributed by atoms with Gasteiger partial charge in [0.05, 0.1) is 0 Å². The number of unbranched alkanes of at least 4 members (excludes halogenated alkanes) is 3. The molecular weight excluding hydrogens is 263 g/mol. The summed E-state index contributed by atoms with van der Waals surface area (Å²) >= 11 is 0.436. The molecule has 1 nitrogen and oxygen atoms in total. The second kappa shape index (κ2) is 8.81. The van der Waals surface area contributed by atoms with E-state index in [-0.39, 0.29) is 6.10 Å². The van der Waals surface area contributed by atoms with Crippen molar-refractivity contribution in [2.45, 2.75) is 50.5 Å². The Morgan fingerprint density at radius 1 is 1.12 bits per heavy atom. The van der Waals surface area contributed by atoms with Gasteiger partial charge in [0.15, 0.2) is 0 Å². The topological polar surface area (TPSA) is 20.2 Å². The van der Waals surface area contributed by atoms with E-state index in [0.29, 0.717) is 15.0 Å². The zero-order valence-corrected chi connectivity index (χ0v) is 11.8. The Morgan fingerprint density at radius 3 is 2.56 bits per heavy atom. The molecule has 0 aliphatic heterocycles. The van der Waals surface area contributed by atoms with Gasteiger partial charge in [0.25, 0.3) is 0 Å². The minimum absolute atomic E-state index is 0.0861. The van der Waals surface area contributed by atoms with Gasteiger partial charge in [-0.05, 0) is 0 Å². The van der Waals surface area contributed by atoms with Crippen LogP contribution in [0.5, 0.6) is 0 Å². The molecule has 90 valence electrons. The van der Waals surface area contributed by atoms with Gasteiger partial charge in [-0.3, -0.25) is 0 Å². The van der Waals surface area contributed by atoms with Crippen molar-refractivity contribution >= 4 is 19.4 Å². The third-order valence-corrected chi connectivity index (χ3v) is 5.00. The van der Waals surface area contributed by atoms with Gasteiger partial charge in [-0.1, -0.05) is 0 Å². The van der Waals surface area contributed by atoms with E-state index in [1.54, 1.807) is 0 Å². The van der Waals surface area contributed by atoms with Crippen molar-refractivity contribution in [3.8, 4) is 0 Å². The molecular formula is C14H22OSe. The van der Waals surface area contributed by atoms with E-state index in [0.717, 1.165) is 11.7 Å². The molecule has 2 heteroatoms. The van der Waals surface area contributed by atoms with Crippen LogP contribution in [-0.4, -0.2) is 26.2 Å². The number of benzene rings is 1. The minimum atomic E-state index is -0.0861. The van der Waals surface area contributed by atoms with E-state index in [9.17, 15) is 5.11 Å². The average molecular weight is 285 g/mol. The molecule has 0 fully saturated rings. The molecule has 0 heterocycles. The Labute approximate surface area is 105 Å². The molecule has 0 bridgehead atoms. The van der Waals surface area contributed by atoms with Gasteiger partial charge in [-0.15, -0.1) is 0 Å². The summed E-state index contributed by atoms with van der Waals surface area (Å²) < 4.78 is 1.39. The second-order valence-corrected chi connectivity index (χ2v) is 6.42. The fraction of sp³-hybridized carbons (Fsp3) is 0.571. The summed E-state index contributed by atoms with van der Waals surface area (Å²) in [6, 6.07) is 10.5. The van der Waals surface area contributed by atoms with E-state index in [2.05, 4.69) is 31.2 Å². The van der Waals surface area contributed by atoms with Crippen LogP contribution in [0.15, 0.2) is 30.3 Å². The van der Waals surface area contributed by atoms with Crippen LogP contribution < -0.4 is 4.46 Å². The average Bonchev–Trinajstić information content (AvgIpc) is 2.33. The summed E-state index contributed by atoms with van der Waals surface area (Å²) in [6.45, 7) is 2.22. The molecule has 0 aromatic heterocycles. The maximum atomic E-state index is 9.83. The Bertz CT molecular complexity index is 261. The van der Waals surface area contributed by atoms with Crippen LogP contribution in [0.3, 0.4) is 0 Å². The zero-order chi connectivity index (χ0) is 11.6. The molecule has 1 atom stereocenters. The van der Waals surface area contributed by atoms with Crippen LogP contribution in [-0.2, 0) is 0 Å². The van der Waals surface area contributed by atoms with Crippen molar-refractivity contribution in [1.29, 1.82) is 0 Å². The summed E-state index contributed by atoms with van der Waals surface area (Å²) in [5.41, 5.74) is 0. The van der Waals surface area contributed by atoms with Crippen molar-refractivity contribution in [1.82, 2.24) is 0 Å². The first-order valence-corrected chi connectivity index (χ1v) is 8.25. The van der Waals surface area contributed by atoms with E-state index in [1.807, 2.05) is 6.07 Å². The molecule has 0 saturated heterocycles. The van der Waals surface area contributed by atoms with E-state index < -0.39 is 0 Å². The van der Waals surface area contributed by atoms with Crippen molar-refractivity contribution < 1.29 is 5.11 Å². The number of aliphatic hydroxyl groups excluding tert-OH is 1.